The number of hydrogen-bond donors (Lipinski definition) is 1. The van der Waals surface area contributed by atoms with Crippen molar-refractivity contribution in [1.29, 1.82) is 0 Å². The molecular formula is C8H9F9O. The van der Waals surface area contributed by atoms with Crippen LogP contribution in [0.2, 0.25) is 0 Å². The normalized spacial score (nSPS) is 15.0. The molecule has 0 heterocycles. The molecule has 110 valence electrons. The average molecular weight is 292 g/mol. The molecule has 0 aliphatic heterocycles. The molecule has 1 nitrogen and oxygen atoms in total. The van der Waals surface area contributed by atoms with Crippen molar-refractivity contribution in [3.8, 4) is 0 Å². The Morgan fingerprint density at radius 2 is 0.889 bits per heavy atom. The van der Waals surface area contributed by atoms with E-state index in [4.69, 9.17) is 5.11 Å². The molecule has 0 saturated carbocycles. The first kappa shape index (κ1) is 17.3. The molecule has 0 fully saturated rings. The lowest BCUT2D eigenvalue weighted by Crippen LogP contribution is -2.44. The Labute approximate surface area is 95.6 Å². The summed E-state index contributed by atoms with van der Waals surface area (Å²) >= 11 is 0. The van der Waals surface area contributed by atoms with Gasteiger partial charge in [0.2, 0.25) is 0 Å². The molecule has 10 heteroatoms. The summed E-state index contributed by atoms with van der Waals surface area (Å²) < 4.78 is 110. The average Bonchev–Trinajstić information content (AvgIpc) is 2.13. The van der Waals surface area contributed by atoms with Crippen molar-refractivity contribution < 1.29 is 44.6 Å². The topological polar surface area (TPSA) is 20.2 Å². The van der Waals surface area contributed by atoms with E-state index >= 15 is 0 Å². The van der Waals surface area contributed by atoms with Crippen molar-refractivity contribution in [3.05, 3.63) is 0 Å². The summed E-state index contributed by atoms with van der Waals surface area (Å²) in [5.41, 5.74) is 0. The minimum absolute atomic E-state index is 1.35. The van der Waals surface area contributed by atoms with Crippen LogP contribution in [0.4, 0.5) is 39.5 Å². The molecule has 0 aromatic rings. The van der Waals surface area contributed by atoms with E-state index in [0.29, 0.717) is 0 Å². The fourth-order valence-electron chi connectivity index (χ4n) is 0.962. The second kappa shape index (κ2) is 5.14. The van der Waals surface area contributed by atoms with Crippen molar-refractivity contribution in [2.75, 3.05) is 6.61 Å². The highest BCUT2D eigenvalue weighted by molar-refractivity contribution is 4.87. The van der Waals surface area contributed by atoms with Gasteiger partial charge in [0.1, 0.15) is 0 Å². The molecule has 0 unspecified atom stereocenters. The van der Waals surface area contributed by atoms with Gasteiger partial charge >= 0.3 is 23.9 Å². The lowest BCUT2D eigenvalue weighted by molar-refractivity contribution is -0.294. The van der Waals surface area contributed by atoms with Gasteiger partial charge in [0.15, 0.2) is 0 Å². The smallest absolute Gasteiger partial charge is 0.396 e. The molecule has 0 amide bonds. The second-order valence-corrected chi connectivity index (χ2v) is 3.58. The van der Waals surface area contributed by atoms with E-state index in [1.54, 1.807) is 0 Å². The van der Waals surface area contributed by atoms with Gasteiger partial charge in [-0.15, -0.1) is 0 Å². The first-order valence-corrected chi connectivity index (χ1v) is 4.58. The third-order valence-electron chi connectivity index (χ3n) is 2.13. The van der Waals surface area contributed by atoms with E-state index in [0.717, 1.165) is 0 Å². The van der Waals surface area contributed by atoms with Crippen molar-refractivity contribution in [3.63, 3.8) is 0 Å². The quantitative estimate of drug-likeness (QED) is 0.741. The zero-order chi connectivity index (χ0) is 14.8. The Morgan fingerprint density at radius 3 is 1.22 bits per heavy atom. The number of hydrogen-bond acceptors (Lipinski definition) is 1. The molecule has 0 spiro atoms. The van der Waals surface area contributed by atoms with Gasteiger partial charge in [-0.05, 0) is 0 Å². The number of rotatable bonds is 6. The molecule has 0 rings (SSSR count). The first-order chi connectivity index (χ1) is 7.77. The van der Waals surface area contributed by atoms with Crippen LogP contribution in [-0.2, 0) is 0 Å². The van der Waals surface area contributed by atoms with Gasteiger partial charge in [0, 0.05) is 25.9 Å². The Balaban J connectivity index is 4.72. The number of aliphatic hydroxyl groups excluding tert-OH is 1. The largest absolute Gasteiger partial charge is 0.453 e. The van der Waals surface area contributed by atoms with Crippen LogP contribution in [0.5, 0.6) is 0 Å². The van der Waals surface area contributed by atoms with E-state index in [2.05, 4.69) is 0 Å². The Morgan fingerprint density at radius 1 is 0.556 bits per heavy atom. The highest BCUT2D eigenvalue weighted by Crippen LogP contribution is 2.45. The van der Waals surface area contributed by atoms with Crippen molar-refractivity contribution in [2.45, 2.75) is 43.2 Å². The van der Waals surface area contributed by atoms with Gasteiger partial charge in [-0.3, -0.25) is 0 Å². The van der Waals surface area contributed by atoms with Crippen LogP contribution in [0, 0.1) is 0 Å². The summed E-state index contributed by atoms with van der Waals surface area (Å²) in [6.07, 6.45) is -12.6. The SMILES string of the molecule is OCCC(F)(F)C(F)(F)CCC(F)(F)C(F)(F)F. The molecule has 1 N–H and O–H groups in total. The van der Waals surface area contributed by atoms with Crippen LogP contribution in [0.25, 0.3) is 0 Å². The fourth-order valence-corrected chi connectivity index (χ4v) is 0.962. The minimum Gasteiger partial charge on any atom is -0.396 e. The fraction of sp³-hybridized carbons (Fsp3) is 1.00. The van der Waals surface area contributed by atoms with Crippen LogP contribution < -0.4 is 0 Å². The Bertz CT molecular complexity index is 270. The van der Waals surface area contributed by atoms with Crippen LogP contribution in [-0.4, -0.2) is 35.7 Å². The third-order valence-corrected chi connectivity index (χ3v) is 2.13. The standard InChI is InChI=1S/C8H9F9O/c9-5(10,6(11,12)3-4-18)1-2-7(13,14)8(15,16)17/h18H,1-4H2. The Hall–Kier alpha value is -0.670. The Kier molecular flexibility index (Phi) is 4.95. The molecule has 0 bridgehead atoms. The van der Waals surface area contributed by atoms with Crippen LogP contribution in [0.15, 0.2) is 0 Å². The highest BCUT2D eigenvalue weighted by atomic mass is 19.4. The van der Waals surface area contributed by atoms with E-state index < -0.39 is 49.8 Å². The van der Waals surface area contributed by atoms with Gasteiger partial charge in [-0.1, -0.05) is 0 Å². The summed E-state index contributed by atoms with van der Waals surface area (Å²) in [7, 11) is 0. The zero-order valence-electron chi connectivity index (χ0n) is 8.68. The molecule has 0 saturated heterocycles. The second-order valence-electron chi connectivity index (χ2n) is 3.58. The number of halogens is 9. The van der Waals surface area contributed by atoms with Crippen LogP contribution in [0.1, 0.15) is 19.3 Å². The lowest BCUT2D eigenvalue weighted by atomic mass is 10.0. The summed E-state index contributed by atoms with van der Waals surface area (Å²) in [6.45, 7) is -1.35. The predicted octanol–water partition coefficient (Wildman–Crippen LogP) is 3.62. The van der Waals surface area contributed by atoms with E-state index in [1.165, 1.54) is 0 Å². The summed E-state index contributed by atoms with van der Waals surface area (Å²) in [5.74, 6) is -15.4. The van der Waals surface area contributed by atoms with Crippen LogP contribution >= 0.6 is 0 Å². The van der Waals surface area contributed by atoms with E-state index in [1.807, 2.05) is 0 Å². The number of aliphatic hydroxyl groups is 1. The van der Waals surface area contributed by atoms with Gasteiger partial charge in [-0.2, -0.15) is 39.5 Å². The molecule has 18 heavy (non-hydrogen) atoms. The molecule has 0 atom stereocenters. The van der Waals surface area contributed by atoms with Crippen molar-refractivity contribution in [1.82, 2.24) is 0 Å². The lowest BCUT2D eigenvalue weighted by Gasteiger charge is -2.28. The summed E-state index contributed by atoms with van der Waals surface area (Å²) in [5, 5.41) is 8.08. The summed E-state index contributed by atoms with van der Waals surface area (Å²) in [6, 6.07) is 0. The summed E-state index contributed by atoms with van der Waals surface area (Å²) in [4.78, 5) is 0. The maximum atomic E-state index is 12.7. The maximum Gasteiger partial charge on any atom is 0.453 e. The molecule has 0 aliphatic rings. The molecule has 0 aromatic heterocycles. The van der Waals surface area contributed by atoms with Gasteiger partial charge < -0.3 is 5.11 Å². The third kappa shape index (κ3) is 3.92. The zero-order valence-corrected chi connectivity index (χ0v) is 8.68. The van der Waals surface area contributed by atoms with Crippen molar-refractivity contribution in [2.24, 2.45) is 0 Å². The minimum atomic E-state index is -6.07. The van der Waals surface area contributed by atoms with Gasteiger partial charge in [-0.25, -0.2) is 0 Å². The molecular weight excluding hydrogens is 283 g/mol. The van der Waals surface area contributed by atoms with Gasteiger partial charge in [0.05, 0.1) is 0 Å². The predicted molar refractivity (Wildman–Crippen MR) is 41.8 cm³/mol. The maximum absolute atomic E-state index is 12.7. The highest BCUT2D eigenvalue weighted by Gasteiger charge is 2.61. The first-order valence-electron chi connectivity index (χ1n) is 4.58. The van der Waals surface area contributed by atoms with E-state index in [9.17, 15) is 39.5 Å². The monoisotopic (exact) mass is 292 g/mol. The molecule has 0 aromatic carbocycles. The number of alkyl halides is 9. The van der Waals surface area contributed by atoms with Crippen molar-refractivity contribution >= 4 is 0 Å². The van der Waals surface area contributed by atoms with Gasteiger partial charge in [0.25, 0.3) is 0 Å². The van der Waals surface area contributed by atoms with Crippen LogP contribution in [0.3, 0.4) is 0 Å². The molecule has 0 aliphatic carbocycles. The molecule has 0 radical (unpaired) electrons. The van der Waals surface area contributed by atoms with E-state index in [-0.39, 0.29) is 0 Å².